The Kier molecular flexibility index (Phi) is 10.9. The number of amides is 1. The Balaban J connectivity index is 1.22. The minimum atomic E-state index is -1.61. The molecule has 0 aromatic heterocycles. The molecule has 1 amide bonds. The average Bonchev–Trinajstić information content (AvgIpc) is 3.54. The van der Waals surface area contributed by atoms with Crippen molar-refractivity contribution in [1.82, 2.24) is 4.90 Å². The summed E-state index contributed by atoms with van der Waals surface area (Å²) in [6, 6.07) is 12.5. The number of likely N-dealkylation sites (N-methyl/N-ethyl adjacent to an activating group) is 1. The van der Waals surface area contributed by atoms with Gasteiger partial charge in [0.05, 0.1) is 24.4 Å². The number of esters is 1. The van der Waals surface area contributed by atoms with Gasteiger partial charge in [-0.3, -0.25) is 5.32 Å². The van der Waals surface area contributed by atoms with Crippen LogP contribution in [-0.2, 0) is 26.5 Å². The van der Waals surface area contributed by atoms with Crippen molar-refractivity contribution in [3.05, 3.63) is 58.6 Å². The maximum absolute atomic E-state index is 13.4. The molecule has 2 aliphatic rings. The number of nitrogens with one attached hydrogen (secondary N) is 1. The van der Waals surface area contributed by atoms with Crippen molar-refractivity contribution in [3.63, 3.8) is 0 Å². The van der Waals surface area contributed by atoms with Crippen LogP contribution in [0.4, 0.5) is 10.5 Å². The van der Waals surface area contributed by atoms with Crippen LogP contribution >= 0.6 is 11.6 Å². The first-order valence-electron chi connectivity index (χ1n) is 14.4. The molecule has 0 radical (unpaired) electrons. The number of carbonyl (C=O) groups is 2. The number of methoxy groups -OCH3 is 1. The van der Waals surface area contributed by atoms with Crippen LogP contribution in [0.15, 0.2) is 42.5 Å². The predicted molar refractivity (Wildman–Crippen MR) is 156 cm³/mol. The molecule has 0 unspecified atom stereocenters. The van der Waals surface area contributed by atoms with Gasteiger partial charge in [0.1, 0.15) is 18.5 Å². The first kappa shape index (κ1) is 31.1. The highest BCUT2D eigenvalue weighted by atomic mass is 35.5. The molecule has 224 valence electrons. The zero-order valence-electron chi connectivity index (χ0n) is 23.8. The van der Waals surface area contributed by atoms with Crippen molar-refractivity contribution in [2.24, 2.45) is 5.92 Å². The van der Waals surface area contributed by atoms with E-state index < -0.39 is 17.7 Å². The van der Waals surface area contributed by atoms with Gasteiger partial charge in [-0.05, 0) is 57.2 Å². The number of hydrogen-bond donors (Lipinski definition) is 3. The smallest absolute Gasteiger partial charge is 0.411 e. The second-order valence-electron chi connectivity index (χ2n) is 11.0. The SMILES string of the molecule is COc1cc(NC(=O)OCCN(C)[C@H]2CC[C@H](OC(=O)[C@](O)(c3ccccc3)C3CCCC3)CC2)c(Cl)cc1CO. The zero-order chi connectivity index (χ0) is 29.4. The predicted octanol–water partition coefficient (Wildman–Crippen LogP) is 5.25. The van der Waals surface area contributed by atoms with Crippen molar-refractivity contribution < 1.29 is 34.0 Å². The first-order chi connectivity index (χ1) is 19.8. The van der Waals surface area contributed by atoms with Crippen LogP contribution < -0.4 is 10.1 Å². The molecule has 0 aliphatic heterocycles. The van der Waals surface area contributed by atoms with Crippen LogP contribution in [0.2, 0.25) is 5.02 Å². The lowest BCUT2D eigenvalue weighted by atomic mass is 9.80. The van der Waals surface area contributed by atoms with Crippen molar-refractivity contribution in [2.45, 2.75) is 75.7 Å². The van der Waals surface area contributed by atoms with Gasteiger partial charge < -0.3 is 29.3 Å². The summed E-state index contributed by atoms with van der Waals surface area (Å²) < 4.78 is 16.5. The van der Waals surface area contributed by atoms with E-state index in [9.17, 15) is 19.8 Å². The molecule has 0 saturated heterocycles. The summed E-state index contributed by atoms with van der Waals surface area (Å²) in [5.41, 5.74) is -0.153. The van der Waals surface area contributed by atoms with E-state index >= 15 is 0 Å². The van der Waals surface area contributed by atoms with E-state index in [-0.39, 0.29) is 36.3 Å². The van der Waals surface area contributed by atoms with Gasteiger partial charge in [-0.15, -0.1) is 0 Å². The van der Waals surface area contributed by atoms with Crippen LogP contribution in [0, 0.1) is 5.92 Å². The van der Waals surface area contributed by atoms with Gasteiger partial charge in [-0.1, -0.05) is 54.8 Å². The van der Waals surface area contributed by atoms with E-state index in [4.69, 9.17) is 25.8 Å². The maximum Gasteiger partial charge on any atom is 0.411 e. The molecule has 2 aliphatic carbocycles. The lowest BCUT2D eigenvalue weighted by Crippen LogP contribution is -2.46. The fourth-order valence-corrected chi connectivity index (χ4v) is 6.25. The van der Waals surface area contributed by atoms with Gasteiger partial charge in [0, 0.05) is 30.1 Å². The number of rotatable bonds is 11. The van der Waals surface area contributed by atoms with Gasteiger partial charge >= 0.3 is 12.1 Å². The number of nitrogens with zero attached hydrogens (tertiary/aromatic N) is 1. The van der Waals surface area contributed by atoms with Crippen LogP contribution in [0.5, 0.6) is 5.75 Å². The third-order valence-electron chi connectivity index (χ3n) is 8.47. The highest BCUT2D eigenvalue weighted by molar-refractivity contribution is 6.33. The van der Waals surface area contributed by atoms with Crippen LogP contribution in [0.25, 0.3) is 0 Å². The molecule has 2 aromatic rings. The maximum atomic E-state index is 13.4. The zero-order valence-corrected chi connectivity index (χ0v) is 24.6. The Morgan fingerprint density at radius 3 is 2.39 bits per heavy atom. The Labute approximate surface area is 246 Å². The van der Waals surface area contributed by atoms with E-state index in [1.807, 2.05) is 37.4 Å². The molecule has 1 atom stereocenters. The lowest BCUT2D eigenvalue weighted by molar-refractivity contribution is -0.181. The minimum absolute atomic E-state index is 0.130. The molecule has 2 saturated carbocycles. The molecular formula is C31H41ClN2O7. The molecule has 4 rings (SSSR count). The molecule has 2 fully saturated rings. The van der Waals surface area contributed by atoms with E-state index in [1.165, 1.54) is 13.2 Å². The number of benzene rings is 2. The van der Waals surface area contributed by atoms with Crippen molar-refractivity contribution in [2.75, 3.05) is 32.6 Å². The molecule has 41 heavy (non-hydrogen) atoms. The number of aliphatic hydroxyl groups is 2. The Morgan fingerprint density at radius 2 is 1.76 bits per heavy atom. The van der Waals surface area contributed by atoms with Gasteiger partial charge in [-0.25, -0.2) is 9.59 Å². The highest BCUT2D eigenvalue weighted by Crippen LogP contribution is 2.42. The minimum Gasteiger partial charge on any atom is -0.496 e. The van der Waals surface area contributed by atoms with Crippen LogP contribution in [0.1, 0.15) is 62.5 Å². The van der Waals surface area contributed by atoms with E-state index in [0.717, 1.165) is 38.5 Å². The van der Waals surface area contributed by atoms with Crippen molar-refractivity contribution in [3.8, 4) is 5.75 Å². The lowest BCUT2D eigenvalue weighted by Gasteiger charge is -2.37. The van der Waals surface area contributed by atoms with Gasteiger partial charge in [0.2, 0.25) is 0 Å². The Bertz CT molecular complexity index is 1170. The van der Waals surface area contributed by atoms with Gasteiger partial charge in [-0.2, -0.15) is 0 Å². The Morgan fingerprint density at radius 1 is 1.07 bits per heavy atom. The number of anilines is 1. The van der Waals surface area contributed by atoms with Gasteiger partial charge in [0.25, 0.3) is 0 Å². The van der Waals surface area contributed by atoms with Crippen LogP contribution in [-0.4, -0.2) is 66.6 Å². The Hall–Kier alpha value is -2.85. The largest absolute Gasteiger partial charge is 0.496 e. The number of hydrogen-bond acceptors (Lipinski definition) is 8. The highest BCUT2D eigenvalue weighted by Gasteiger charge is 2.48. The monoisotopic (exact) mass is 588 g/mol. The summed E-state index contributed by atoms with van der Waals surface area (Å²) in [5.74, 6) is -0.248. The van der Waals surface area contributed by atoms with Crippen LogP contribution in [0.3, 0.4) is 0 Å². The molecule has 9 nitrogen and oxygen atoms in total. The molecule has 0 spiro atoms. The fraction of sp³-hybridized carbons (Fsp3) is 0.548. The molecule has 0 bridgehead atoms. The molecule has 0 heterocycles. The average molecular weight is 589 g/mol. The van der Waals surface area contributed by atoms with Gasteiger partial charge in [0.15, 0.2) is 5.60 Å². The summed E-state index contributed by atoms with van der Waals surface area (Å²) in [5, 5.41) is 24.0. The summed E-state index contributed by atoms with van der Waals surface area (Å²) in [6.45, 7) is 0.491. The normalized spacial score (nSPS) is 20.8. The number of ether oxygens (including phenoxy) is 3. The topological polar surface area (TPSA) is 118 Å². The molecule has 3 N–H and O–H groups in total. The van der Waals surface area contributed by atoms with Crippen molar-refractivity contribution >= 4 is 29.4 Å². The summed E-state index contributed by atoms with van der Waals surface area (Å²) in [7, 11) is 3.46. The van der Waals surface area contributed by atoms with E-state index in [1.54, 1.807) is 6.07 Å². The standard InChI is InChI=1S/C31H41ClN2O7/c1-34(16-17-40-30(37)33-27-19-28(39-2)21(20-35)18-26(27)32)24-12-14-25(15-13-24)41-29(36)31(38,23-10-6-7-11-23)22-8-4-3-5-9-22/h3-5,8-9,18-19,23-25,35,38H,6-7,10-17,20H2,1-2H3,(H,33,37)/t24-,25-,31-/m0/s1. The molecule has 10 heteroatoms. The number of carbonyl (C=O) groups excluding carboxylic acids is 2. The number of halogens is 1. The summed E-state index contributed by atoms with van der Waals surface area (Å²) in [4.78, 5) is 27.9. The van der Waals surface area contributed by atoms with E-state index in [0.29, 0.717) is 42.0 Å². The summed E-state index contributed by atoms with van der Waals surface area (Å²) >= 11 is 6.21. The quantitative estimate of drug-likeness (QED) is 0.305. The second kappa shape index (κ2) is 14.4. The number of aliphatic hydroxyl groups excluding tert-OH is 1. The second-order valence-corrected chi connectivity index (χ2v) is 11.4. The van der Waals surface area contributed by atoms with E-state index in [2.05, 4.69) is 10.2 Å². The molecular weight excluding hydrogens is 548 g/mol. The fourth-order valence-electron chi connectivity index (χ4n) is 6.02. The summed E-state index contributed by atoms with van der Waals surface area (Å²) in [6.07, 6.45) is 5.87. The first-order valence-corrected chi connectivity index (χ1v) is 14.7. The third-order valence-corrected chi connectivity index (χ3v) is 8.78. The third kappa shape index (κ3) is 7.52. The van der Waals surface area contributed by atoms with Crippen molar-refractivity contribution in [1.29, 1.82) is 0 Å². The molecule has 2 aromatic carbocycles.